The van der Waals surface area contributed by atoms with E-state index in [1.807, 2.05) is 0 Å². The first kappa shape index (κ1) is 15.0. The molecule has 0 amide bonds. The lowest BCUT2D eigenvalue weighted by Crippen LogP contribution is -2.33. The molecule has 1 aliphatic carbocycles. The van der Waals surface area contributed by atoms with Gasteiger partial charge in [0, 0.05) is 6.04 Å². The molecule has 1 heteroatoms. The third-order valence-corrected chi connectivity index (χ3v) is 4.16. The Labute approximate surface area is 109 Å². The largest absolute Gasteiger partial charge is 0.314 e. The Morgan fingerprint density at radius 3 is 2.24 bits per heavy atom. The third kappa shape index (κ3) is 7.81. The van der Waals surface area contributed by atoms with Gasteiger partial charge in [0.05, 0.1) is 0 Å². The molecule has 0 heterocycles. The van der Waals surface area contributed by atoms with Crippen LogP contribution in [0.3, 0.4) is 0 Å². The summed E-state index contributed by atoms with van der Waals surface area (Å²) in [7, 11) is 0. The Morgan fingerprint density at radius 2 is 1.59 bits per heavy atom. The average Bonchev–Trinajstić information content (AvgIpc) is 2.30. The predicted octanol–water partition coefficient (Wildman–Crippen LogP) is 4.76. The first-order valence-corrected chi connectivity index (χ1v) is 7.92. The van der Waals surface area contributed by atoms with Crippen molar-refractivity contribution in [1.82, 2.24) is 5.32 Å². The van der Waals surface area contributed by atoms with Gasteiger partial charge in [-0.3, -0.25) is 0 Å². The van der Waals surface area contributed by atoms with Gasteiger partial charge >= 0.3 is 0 Å². The van der Waals surface area contributed by atoms with Gasteiger partial charge in [-0.05, 0) is 50.5 Å². The predicted molar refractivity (Wildman–Crippen MR) is 77.3 cm³/mol. The minimum absolute atomic E-state index is 0.835. The summed E-state index contributed by atoms with van der Waals surface area (Å²) in [5.74, 6) is 1.86. The Balaban J connectivity index is 1.84. The number of rotatable bonds is 8. The van der Waals surface area contributed by atoms with Crippen LogP contribution in [0.2, 0.25) is 0 Å². The molecule has 0 aromatic carbocycles. The van der Waals surface area contributed by atoms with Crippen LogP contribution in [0, 0.1) is 11.8 Å². The molecule has 0 aromatic rings. The van der Waals surface area contributed by atoms with Gasteiger partial charge in [-0.25, -0.2) is 0 Å². The molecule has 0 aromatic heterocycles. The van der Waals surface area contributed by atoms with Crippen molar-refractivity contribution in [2.75, 3.05) is 6.54 Å². The molecule has 17 heavy (non-hydrogen) atoms. The van der Waals surface area contributed by atoms with Crippen LogP contribution in [-0.4, -0.2) is 12.6 Å². The fourth-order valence-electron chi connectivity index (χ4n) is 2.80. The van der Waals surface area contributed by atoms with E-state index in [-0.39, 0.29) is 0 Å². The van der Waals surface area contributed by atoms with Crippen LogP contribution < -0.4 is 5.32 Å². The van der Waals surface area contributed by atoms with E-state index >= 15 is 0 Å². The van der Waals surface area contributed by atoms with E-state index in [0.29, 0.717) is 0 Å². The van der Waals surface area contributed by atoms with Crippen LogP contribution in [0.25, 0.3) is 0 Å². The van der Waals surface area contributed by atoms with Gasteiger partial charge < -0.3 is 5.32 Å². The summed E-state index contributed by atoms with van der Waals surface area (Å²) < 4.78 is 0. The topological polar surface area (TPSA) is 12.0 Å². The second-order valence-corrected chi connectivity index (χ2v) is 6.51. The van der Waals surface area contributed by atoms with Crippen LogP contribution in [-0.2, 0) is 0 Å². The molecule has 0 aliphatic heterocycles. The Morgan fingerprint density at radius 1 is 0.941 bits per heavy atom. The molecule has 0 saturated heterocycles. The normalized spacial score (nSPS) is 25.4. The second kappa shape index (κ2) is 8.97. The van der Waals surface area contributed by atoms with E-state index in [4.69, 9.17) is 0 Å². The molecule has 1 saturated carbocycles. The zero-order valence-electron chi connectivity index (χ0n) is 12.3. The Hall–Kier alpha value is -0.0400. The fourth-order valence-corrected chi connectivity index (χ4v) is 2.80. The monoisotopic (exact) mass is 239 g/mol. The first-order chi connectivity index (χ1) is 8.18. The van der Waals surface area contributed by atoms with Crippen molar-refractivity contribution in [1.29, 1.82) is 0 Å². The first-order valence-electron chi connectivity index (χ1n) is 7.92. The molecule has 0 spiro atoms. The number of nitrogens with one attached hydrogen (secondary N) is 1. The second-order valence-electron chi connectivity index (χ2n) is 6.51. The highest BCUT2D eigenvalue weighted by atomic mass is 14.9. The maximum Gasteiger partial charge on any atom is 0.00672 e. The van der Waals surface area contributed by atoms with Crippen molar-refractivity contribution in [3.63, 3.8) is 0 Å². The fraction of sp³-hybridized carbons (Fsp3) is 1.00. The molecule has 1 N–H and O–H groups in total. The van der Waals surface area contributed by atoms with Gasteiger partial charge in [0.1, 0.15) is 0 Å². The smallest absolute Gasteiger partial charge is 0.00672 e. The van der Waals surface area contributed by atoms with E-state index in [1.54, 1.807) is 0 Å². The lowest BCUT2D eigenvalue weighted by Gasteiger charge is -2.27. The number of hydrogen-bond acceptors (Lipinski definition) is 1. The molecule has 0 unspecified atom stereocenters. The van der Waals surface area contributed by atoms with Gasteiger partial charge in [0.15, 0.2) is 0 Å². The third-order valence-electron chi connectivity index (χ3n) is 4.16. The highest BCUT2D eigenvalue weighted by Gasteiger charge is 2.16. The lowest BCUT2D eigenvalue weighted by molar-refractivity contribution is 0.306. The summed E-state index contributed by atoms with van der Waals surface area (Å²) in [6.07, 6.45) is 12.8. The van der Waals surface area contributed by atoms with Crippen molar-refractivity contribution < 1.29 is 0 Å². The highest BCUT2D eigenvalue weighted by molar-refractivity contribution is 4.74. The zero-order chi connectivity index (χ0) is 12.5. The standard InChI is InChI=1S/C16H33N/c1-14(2)8-6-4-5-7-13-17-16-11-9-15(3)10-12-16/h14-17H,4-13H2,1-3H3. The molecule has 0 atom stereocenters. The summed E-state index contributed by atoms with van der Waals surface area (Å²) in [6.45, 7) is 8.29. The van der Waals surface area contributed by atoms with E-state index < -0.39 is 0 Å². The maximum atomic E-state index is 3.74. The van der Waals surface area contributed by atoms with Crippen LogP contribution >= 0.6 is 0 Å². The Bertz CT molecular complexity index is 168. The van der Waals surface area contributed by atoms with E-state index in [2.05, 4.69) is 26.1 Å². The van der Waals surface area contributed by atoms with Crippen molar-refractivity contribution in [2.24, 2.45) is 11.8 Å². The molecule has 102 valence electrons. The van der Waals surface area contributed by atoms with Crippen LogP contribution in [0.4, 0.5) is 0 Å². The van der Waals surface area contributed by atoms with E-state index in [9.17, 15) is 0 Å². The van der Waals surface area contributed by atoms with Crippen molar-refractivity contribution in [3.8, 4) is 0 Å². The van der Waals surface area contributed by atoms with E-state index in [0.717, 1.165) is 17.9 Å². The lowest BCUT2D eigenvalue weighted by atomic mass is 9.87. The minimum Gasteiger partial charge on any atom is -0.314 e. The summed E-state index contributed by atoms with van der Waals surface area (Å²) in [5, 5.41) is 3.74. The van der Waals surface area contributed by atoms with Gasteiger partial charge in [-0.2, -0.15) is 0 Å². The summed E-state index contributed by atoms with van der Waals surface area (Å²) in [4.78, 5) is 0. The Kier molecular flexibility index (Phi) is 7.92. The van der Waals surface area contributed by atoms with E-state index in [1.165, 1.54) is 64.3 Å². The number of unbranched alkanes of at least 4 members (excludes halogenated alkanes) is 3. The molecular formula is C16H33N. The molecule has 0 radical (unpaired) electrons. The highest BCUT2D eigenvalue weighted by Crippen LogP contribution is 2.23. The SMILES string of the molecule is CC(C)CCCCCCNC1CCC(C)CC1. The van der Waals surface area contributed by atoms with Crippen LogP contribution in [0.1, 0.15) is 78.6 Å². The summed E-state index contributed by atoms with van der Waals surface area (Å²) in [5.41, 5.74) is 0. The molecule has 0 bridgehead atoms. The quantitative estimate of drug-likeness (QED) is 0.602. The van der Waals surface area contributed by atoms with Crippen molar-refractivity contribution in [3.05, 3.63) is 0 Å². The van der Waals surface area contributed by atoms with Gasteiger partial charge in [-0.15, -0.1) is 0 Å². The summed E-state index contributed by atoms with van der Waals surface area (Å²) in [6, 6.07) is 0.835. The van der Waals surface area contributed by atoms with Crippen LogP contribution in [0.5, 0.6) is 0 Å². The van der Waals surface area contributed by atoms with Crippen molar-refractivity contribution >= 4 is 0 Å². The zero-order valence-corrected chi connectivity index (χ0v) is 12.3. The maximum absolute atomic E-state index is 3.74. The molecular weight excluding hydrogens is 206 g/mol. The minimum atomic E-state index is 0.835. The van der Waals surface area contributed by atoms with Crippen molar-refractivity contribution in [2.45, 2.75) is 84.6 Å². The van der Waals surface area contributed by atoms with Gasteiger partial charge in [0.25, 0.3) is 0 Å². The summed E-state index contributed by atoms with van der Waals surface area (Å²) >= 11 is 0. The molecule has 1 fully saturated rings. The van der Waals surface area contributed by atoms with Gasteiger partial charge in [-0.1, -0.05) is 46.5 Å². The molecule has 1 aliphatic rings. The van der Waals surface area contributed by atoms with Gasteiger partial charge in [0.2, 0.25) is 0 Å². The van der Waals surface area contributed by atoms with Crippen LogP contribution in [0.15, 0.2) is 0 Å². The molecule has 1 nitrogen and oxygen atoms in total. The average molecular weight is 239 g/mol. The molecule has 1 rings (SSSR count). The number of hydrogen-bond donors (Lipinski definition) is 1.